The molecule has 0 aliphatic carbocycles. The summed E-state index contributed by atoms with van der Waals surface area (Å²) in [6.07, 6.45) is 0.740. The molecule has 0 fully saturated rings. The van der Waals surface area contributed by atoms with Gasteiger partial charge in [0.1, 0.15) is 12.0 Å². The molecule has 5 heteroatoms. The maximum Gasteiger partial charge on any atom is 0.265 e. The lowest BCUT2D eigenvalue weighted by atomic mass is 10.2. The molecule has 4 nitrogen and oxygen atoms in total. The van der Waals surface area contributed by atoms with E-state index < -0.39 is 0 Å². The molecule has 18 heavy (non-hydrogen) atoms. The number of carbonyl (C=O) groups excluding carboxylic acids is 2. The zero-order valence-corrected chi connectivity index (χ0v) is 10.5. The van der Waals surface area contributed by atoms with E-state index >= 15 is 0 Å². The first-order valence-electron chi connectivity index (χ1n) is 5.22. The molecule has 2 aromatic rings. The normalized spacial score (nSPS) is 9.83. The first-order valence-corrected chi connectivity index (χ1v) is 6.10. The number of hydrogen-bond acceptors (Lipinski definition) is 4. The molecule has 1 heterocycles. The van der Waals surface area contributed by atoms with Gasteiger partial charge in [0, 0.05) is 22.7 Å². The molecule has 0 atom stereocenters. The zero-order valence-electron chi connectivity index (χ0n) is 9.67. The first-order chi connectivity index (χ1) is 8.72. The van der Waals surface area contributed by atoms with Gasteiger partial charge in [-0.2, -0.15) is 0 Å². The van der Waals surface area contributed by atoms with Gasteiger partial charge in [0.05, 0.1) is 12.0 Å². The van der Waals surface area contributed by atoms with Crippen molar-refractivity contribution in [2.75, 3.05) is 12.4 Å². The highest BCUT2D eigenvalue weighted by molar-refractivity contribution is 7.12. The molecule has 92 valence electrons. The molecule has 1 N–H and O–H groups in total. The Morgan fingerprint density at radius 1 is 1.39 bits per heavy atom. The third kappa shape index (κ3) is 2.75. The molecule has 0 radical (unpaired) electrons. The quantitative estimate of drug-likeness (QED) is 0.861. The van der Waals surface area contributed by atoms with Crippen LogP contribution in [0.5, 0.6) is 5.75 Å². The molecular formula is C13H11NO3S. The Bertz CT molecular complexity index is 577. The number of hydrogen-bond donors (Lipinski definition) is 1. The van der Waals surface area contributed by atoms with Crippen molar-refractivity contribution in [3.8, 4) is 5.75 Å². The third-order valence-electron chi connectivity index (χ3n) is 2.32. The number of nitrogens with one attached hydrogen (secondary N) is 1. The van der Waals surface area contributed by atoms with Crippen LogP contribution in [0.15, 0.2) is 35.7 Å². The van der Waals surface area contributed by atoms with Crippen LogP contribution in [-0.2, 0) is 0 Å². The summed E-state index contributed by atoms with van der Waals surface area (Å²) in [6.45, 7) is 0. The smallest absolute Gasteiger partial charge is 0.265 e. The summed E-state index contributed by atoms with van der Waals surface area (Å²) < 4.78 is 5.02. The zero-order chi connectivity index (χ0) is 13.0. The van der Waals surface area contributed by atoms with Gasteiger partial charge in [0.15, 0.2) is 0 Å². The minimum absolute atomic E-state index is 0.216. The van der Waals surface area contributed by atoms with Gasteiger partial charge >= 0.3 is 0 Å². The molecule has 0 bridgehead atoms. The fourth-order valence-corrected chi connectivity index (χ4v) is 2.18. The Balaban J connectivity index is 2.13. The minimum atomic E-state index is -0.216. The molecular weight excluding hydrogens is 250 g/mol. The van der Waals surface area contributed by atoms with E-state index in [4.69, 9.17) is 4.74 Å². The van der Waals surface area contributed by atoms with Crippen LogP contribution in [0.25, 0.3) is 0 Å². The van der Waals surface area contributed by atoms with Gasteiger partial charge < -0.3 is 10.1 Å². The van der Waals surface area contributed by atoms with Crippen molar-refractivity contribution in [3.63, 3.8) is 0 Å². The maximum absolute atomic E-state index is 11.9. The largest absolute Gasteiger partial charge is 0.496 e. The van der Waals surface area contributed by atoms with Crippen LogP contribution in [0.2, 0.25) is 0 Å². The van der Waals surface area contributed by atoms with Gasteiger partial charge in [-0.3, -0.25) is 9.59 Å². The van der Waals surface area contributed by atoms with E-state index in [1.165, 1.54) is 11.3 Å². The fourth-order valence-electron chi connectivity index (χ4n) is 1.43. The molecule has 0 spiro atoms. The summed E-state index contributed by atoms with van der Waals surface area (Å²) in [5.41, 5.74) is 1.12. The molecule has 0 aliphatic rings. The molecule has 1 amide bonds. The van der Waals surface area contributed by atoms with Crippen molar-refractivity contribution in [2.45, 2.75) is 0 Å². The summed E-state index contributed by atoms with van der Waals surface area (Å²) in [6, 6.07) is 8.42. The van der Waals surface area contributed by atoms with Gasteiger partial charge in [0.25, 0.3) is 5.91 Å². The van der Waals surface area contributed by atoms with Crippen molar-refractivity contribution in [3.05, 3.63) is 46.2 Å². The van der Waals surface area contributed by atoms with Gasteiger partial charge in [-0.05, 0) is 12.1 Å². The summed E-state index contributed by atoms with van der Waals surface area (Å²) in [7, 11) is 1.55. The Morgan fingerprint density at radius 3 is 2.89 bits per heavy atom. The number of amides is 1. The SMILES string of the molecule is COc1csc(C(=O)Nc2cccc(C=O)c2)c1. The van der Waals surface area contributed by atoms with Gasteiger partial charge in [0.2, 0.25) is 0 Å². The number of aldehydes is 1. The topological polar surface area (TPSA) is 55.4 Å². The van der Waals surface area contributed by atoms with Crippen molar-refractivity contribution in [1.82, 2.24) is 0 Å². The molecule has 0 saturated carbocycles. The Labute approximate surface area is 108 Å². The average molecular weight is 261 g/mol. The summed E-state index contributed by atoms with van der Waals surface area (Å²) in [4.78, 5) is 23.1. The highest BCUT2D eigenvalue weighted by Gasteiger charge is 2.09. The number of methoxy groups -OCH3 is 1. The van der Waals surface area contributed by atoms with E-state index in [1.807, 2.05) is 0 Å². The maximum atomic E-state index is 11.9. The van der Waals surface area contributed by atoms with E-state index in [0.717, 1.165) is 6.29 Å². The van der Waals surface area contributed by atoms with E-state index in [2.05, 4.69) is 5.32 Å². The summed E-state index contributed by atoms with van der Waals surface area (Å²) in [5, 5.41) is 4.49. The number of rotatable bonds is 4. The Morgan fingerprint density at radius 2 is 2.22 bits per heavy atom. The van der Waals surface area contributed by atoms with E-state index in [0.29, 0.717) is 21.9 Å². The number of thiophene rings is 1. The van der Waals surface area contributed by atoms with Crippen molar-refractivity contribution in [2.24, 2.45) is 0 Å². The lowest BCUT2D eigenvalue weighted by Gasteiger charge is -2.03. The van der Waals surface area contributed by atoms with Crippen LogP contribution in [0.3, 0.4) is 0 Å². The number of ether oxygens (including phenoxy) is 1. The van der Waals surface area contributed by atoms with Crippen LogP contribution in [-0.4, -0.2) is 19.3 Å². The van der Waals surface area contributed by atoms with Crippen LogP contribution >= 0.6 is 11.3 Å². The molecule has 0 unspecified atom stereocenters. The summed E-state index contributed by atoms with van der Waals surface area (Å²) in [5.74, 6) is 0.443. The van der Waals surface area contributed by atoms with E-state index in [-0.39, 0.29) is 5.91 Å². The van der Waals surface area contributed by atoms with Crippen molar-refractivity contribution >= 4 is 29.2 Å². The highest BCUT2D eigenvalue weighted by atomic mass is 32.1. The second kappa shape index (κ2) is 5.46. The molecule has 1 aromatic heterocycles. The predicted octanol–water partition coefficient (Wildman–Crippen LogP) is 2.82. The van der Waals surface area contributed by atoms with Crippen LogP contribution in [0.1, 0.15) is 20.0 Å². The third-order valence-corrected chi connectivity index (χ3v) is 3.22. The lowest BCUT2D eigenvalue weighted by Crippen LogP contribution is -2.10. The number of benzene rings is 1. The summed E-state index contributed by atoms with van der Waals surface area (Å²) >= 11 is 1.30. The number of anilines is 1. The van der Waals surface area contributed by atoms with Crippen LogP contribution < -0.4 is 10.1 Å². The average Bonchev–Trinajstić information content (AvgIpc) is 2.88. The Kier molecular flexibility index (Phi) is 3.74. The molecule has 0 saturated heterocycles. The standard InChI is InChI=1S/C13H11NO3S/c1-17-11-6-12(18-8-11)13(16)14-10-4-2-3-9(5-10)7-15/h2-8H,1H3,(H,14,16). The highest BCUT2D eigenvalue weighted by Crippen LogP contribution is 2.22. The Hall–Kier alpha value is -2.14. The molecule has 0 aliphatic heterocycles. The van der Waals surface area contributed by atoms with Gasteiger partial charge in [-0.25, -0.2) is 0 Å². The first kappa shape index (κ1) is 12.3. The van der Waals surface area contributed by atoms with Crippen LogP contribution in [0, 0.1) is 0 Å². The predicted molar refractivity (Wildman–Crippen MR) is 70.7 cm³/mol. The minimum Gasteiger partial charge on any atom is -0.496 e. The van der Waals surface area contributed by atoms with Gasteiger partial charge in [-0.15, -0.1) is 11.3 Å². The van der Waals surface area contributed by atoms with Crippen molar-refractivity contribution < 1.29 is 14.3 Å². The van der Waals surface area contributed by atoms with E-state index in [9.17, 15) is 9.59 Å². The second-order valence-electron chi connectivity index (χ2n) is 3.55. The molecule has 2 rings (SSSR count). The fraction of sp³-hybridized carbons (Fsp3) is 0.0769. The van der Waals surface area contributed by atoms with Crippen molar-refractivity contribution in [1.29, 1.82) is 0 Å². The van der Waals surface area contributed by atoms with Gasteiger partial charge in [-0.1, -0.05) is 12.1 Å². The molecule has 1 aromatic carbocycles. The number of carbonyl (C=O) groups is 2. The lowest BCUT2D eigenvalue weighted by molar-refractivity contribution is 0.102. The second-order valence-corrected chi connectivity index (χ2v) is 4.46. The monoisotopic (exact) mass is 261 g/mol. The van der Waals surface area contributed by atoms with E-state index in [1.54, 1.807) is 42.8 Å². The van der Waals surface area contributed by atoms with Crippen LogP contribution in [0.4, 0.5) is 5.69 Å².